The molecule has 0 saturated heterocycles. The third-order valence-electron chi connectivity index (χ3n) is 9.61. The fourth-order valence-corrected chi connectivity index (χ4v) is 7.41. The molecule has 2 aromatic heterocycles. The second kappa shape index (κ2) is 14.1. The standard InChI is InChI=1S/C40H52N2O2/c1-7-9-11-13-15-17-19-41-33-25-32-34(26-31(33)39(43)37-29(5)21-27(3)23-35(37)41)42(20-18-16-14-12-10-8-2)36-24-28(4)22-30(6)38(36)40(32)44/h21-26H,7-20H2,1-6H3. The Morgan fingerprint density at radius 3 is 1.20 bits per heavy atom. The van der Waals surface area contributed by atoms with E-state index in [0.717, 1.165) is 91.8 Å². The molecule has 0 N–H and O–H groups in total. The third-order valence-corrected chi connectivity index (χ3v) is 9.61. The molecule has 0 aliphatic heterocycles. The molecular formula is C40H52N2O2. The van der Waals surface area contributed by atoms with Crippen molar-refractivity contribution in [1.29, 1.82) is 0 Å². The Kier molecular flexibility index (Phi) is 10.3. The Labute approximate surface area is 263 Å². The molecule has 0 bridgehead atoms. The summed E-state index contributed by atoms with van der Waals surface area (Å²) < 4.78 is 4.68. The van der Waals surface area contributed by atoms with Gasteiger partial charge in [0.1, 0.15) is 0 Å². The van der Waals surface area contributed by atoms with Crippen molar-refractivity contribution in [2.75, 3.05) is 0 Å². The van der Waals surface area contributed by atoms with Crippen LogP contribution in [0.1, 0.15) is 113 Å². The molecule has 5 aromatic rings. The van der Waals surface area contributed by atoms with Gasteiger partial charge in [0, 0.05) is 34.6 Å². The lowest BCUT2D eigenvalue weighted by molar-refractivity contribution is 0.569. The lowest BCUT2D eigenvalue weighted by atomic mass is 9.98. The van der Waals surface area contributed by atoms with Crippen molar-refractivity contribution in [2.24, 2.45) is 0 Å². The van der Waals surface area contributed by atoms with Crippen LogP contribution in [-0.4, -0.2) is 9.13 Å². The van der Waals surface area contributed by atoms with Crippen LogP contribution in [0.4, 0.5) is 0 Å². The van der Waals surface area contributed by atoms with Crippen molar-refractivity contribution in [2.45, 2.75) is 132 Å². The van der Waals surface area contributed by atoms with Crippen LogP contribution in [0.2, 0.25) is 0 Å². The number of aromatic nitrogens is 2. The number of nitrogens with zero attached hydrogens (tertiary/aromatic N) is 2. The van der Waals surface area contributed by atoms with E-state index in [9.17, 15) is 9.59 Å². The Morgan fingerprint density at radius 2 is 0.818 bits per heavy atom. The average molecular weight is 593 g/mol. The molecule has 4 nitrogen and oxygen atoms in total. The SMILES string of the molecule is CCCCCCCCn1c2cc3c(=O)c4c(C)cc(C)cc4n(CCCCCCCC)c3cc2c(=O)c2c(C)cc(C)cc21. The molecule has 0 radical (unpaired) electrons. The van der Waals surface area contributed by atoms with Gasteiger partial charge in [0.15, 0.2) is 10.9 Å². The smallest absolute Gasteiger partial charge is 0.197 e. The van der Waals surface area contributed by atoms with E-state index in [-0.39, 0.29) is 10.9 Å². The van der Waals surface area contributed by atoms with Crippen LogP contribution in [0.25, 0.3) is 43.6 Å². The van der Waals surface area contributed by atoms with Gasteiger partial charge in [0.2, 0.25) is 0 Å². The number of hydrogen-bond donors (Lipinski definition) is 0. The van der Waals surface area contributed by atoms with E-state index in [1.807, 2.05) is 0 Å². The highest BCUT2D eigenvalue weighted by Gasteiger charge is 2.19. The van der Waals surface area contributed by atoms with Gasteiger partial charge in [-0.1, -0.05) is 90.2 Å². The molecule has 0 atom stereocenters. The van der Waals surface area contributed by atoms with Crippen LogP contribution in [0.5, 0.6) is 0 Å². The molecule has 0 aliphatic rings. The molecule has 0 fully saturated rings. The quantitative estimate of drug-likeness (QED) is 0.0951. The first-order valence-corrected chi connectivity index (χ1v) is 17.3. The van der Waals surface area contributed by atoms with Crippen molar-refractivity contribution >= 4 is 43.6 Å². The van der Waals surface area contributed by atoms with E-state index in [4.69, 9.17) is 0 Å². The number of pyridine rings is 2. The molecule has 3 aromatic carbocycles. The molecule has 0 saturated carbocycles. The summed E-state index contributed by atoms with van der Waals surface area (Å²) in [6.45, 7) is 14.5. The van der Waals surface area contributed by atoms with Gasteiger partial charge in [-0.15, -0.1) is 0 Å². The van der Waals surface area contributed by atoms with Crippen LogP contribution in [0.15, 0.2) is 46.0 Å². The van der Waals surface area contributed by atoms with Gasteiger partial charge in [-0.25, -0.2) is 0 Å². The van der Waals surface area contributed by atoms with Gasteiger partial charge in [-0.05, 0) is 87.1 Å². The van der Waals surface area contributed by atoms with E-state index in [1.54, 1.807) is 0 Å². The van der Waals surface area contributed by atoms with Crippen molar-refractivity contribution < 1.29 is 0 Å². The van der Waals surface area contributed by atoms with E-state index in [0.29, 0.717) is 0 Å². The van der Waals surface area contributed by atoms with Gasteiger partial charge < -0.3 is 9.13 Å². The fourth-order valence-electron chi connectivity index (χ4n) is 7.41. The summed E-state index contributed by atoms with van der Waals surface area (Å²) in [4.78, 5) is 28.6. The van der Waals surface area contributed by atoms with Crippen LogP contribution in [0.3, 0.4) is 0 Å². The first-order valence-electron chi connectivity index (χ1n) is 17.3. The van der Waals surface area contributed by atoms with Crippen LogP contribution in [0, 0.1) is 27.7 Å². The minimum absolute atomic E-state index is 0.0766. The molecule has 0 aliphatic carbocycles. The predicted molar refractivity (Wildman–Crippen MR) is 191 cm³/mol. The number of aryl methyl sites for hydroxylation is 6. The molecule has 0 amide bonds. The number of fused-ring (bicyclic) bond motifs is 4. The summed E-state index contributed by atoms with van der Waals surface area (Å²) in [6.07, 6.45) is 14.5. The minimum atomic E-state index is 0.0766. The Balaban J connectivity index is 1.75. The van der Waals surface area contributed by atoms with Crippen molar-refractivity contribution in [3.8, 4) is 0 Å². The molecule has 234 valence electrons. The zero-order valence-corrected chi connectivity index (χ0v) is 28.1. The Bertz CT molecular complexity index is 1780. The Hall–Kier alpha value is -3.40. The summed E-state index contributed by atoms with van der Waals surface area (Å²) in [5.74, 6) is 0. The largest absolute Gasteiger partial charge is 0.340 e. The summed E-state index contributed by atoms with van der Waals surface area (Å²) in [7, 11) is 0. The van der Waals surface area contributed by atoms with E-state index < -0.39 is 0 Å². The van der Waals surface area contributed by atoms with Crippen LogP contribution in [-0.2, 0) is 13.1 Å². The second-order valence-electron chi connectivity index (χ2n) is 13.3. The maximum Gasteiger partial charge on any atom is 0.197 e. The van der Waals surface area contributed by atoms with Gasteiger partial charge in [-0.3, -0.25) is 9.59 Å². The van der Waals surface area contributed by atoms with Gasteiger partial charge in [-0.2, -0.15) is 0 Å². The molecule has 44 heavy (non-hydrogen) atoms. The lowest BCUT2D eigenvalue weighted by Crippen LogP contribution is -2.17. The van der Waals surface area contributed by atoms with Crippen molar-refractivity contribution in [3.05, 3.63) is 79.1 Å². The number of benzene rings is 3. The third kappa shape index (κ3) is 6.36. The molecule has 4 heteroatoms. The van der Waals surface area contributed by atoms with Crippen LogP contribution < -0.4 is 10.9 Å². The van der Waals surface area contributed by atoms with Crippen molar-refractivity contribution in [1.82, 2.24) is 9.13 Å². The van der Waals surface area contributed by atoms with Crippen molar-refractivity contribution in [3.63, 3.8) is 0 Å². The fraction of sp³-hybridized carbons (Fsp3) is 0.500. The van der Waals surface area contributed by atoms with E-state index >= 15 is 0 Å². The zero-order chi connectivity index (χ0) is 31.4. The topological polar surface area (TPSA) is 44.0 Å². The minimum Gasteiger partial charge on any atom is -0.340 e. The van der Waals surface area contributed by atoms with E-state index in [2.05, 4.69) is 87.1 Å². The van der Waals surface area contributed by atoms with Gasteiger partial charge in [0.25, 0.3) is 0 Å². The maximum absolute atomic E-state index is 14.3. The highest BCUT2D eigenvalue weighted by molar-refractivity contribution is 6.04. The summed E-state index contributed by atoms with van der Waals surface area (Å²) in [6, 6.07) is 12.7. The zero-order valence-electron chi connectivity index (χ0n) is 28.1. The normalized spacial score (nSPS) is 12.0. The monoisotopic (exact) mass is 592 g/mol. The van der Waals surface area contributed by atoms with E-state index in [1.165, 1.54) is 64.2 Å². The Morgan fingerprint density at radius 1 is 0.455 bits per heavy atom. The number of unbranched alkanes of at least 4 members (excludes halogenated alkanes) is 10. The highest BCUT2D eigenvalue weighted by atomic mass is 16.1. The number of rotatable bonds is 14. The van der Waals surface area contributed by atoms with Crippen LogP contribution >= 0.6 is 0 Å². The second-order valence-corrected chi connectivity index (χ2v) is 13.3. The summed E-state index contributed by atoms with van der Waals surface area (Å²) in [5.41, 5.74) is 8.29. The summed E-state index contributed by atoms with van der Waals surface area (Å²) in [5, 5.41) is 3.07. The predicted octanol–water partition coefficient (Wildman–Crippen LogP) is 10.6. The molecule has 0 unspecified atom stereocenters. The lowest BCUT2D eigenvalue weighted by Gasteiger charge is -2.20. The molecular weight excluding hydrogens is 540 g/mol. The van der Waals surface area contributed by atoms with Gasteiger partial charge in [0.05, 0.1) is 22.1 Å². The maximum atomic E-state index is 14.3. The van der Waals surface area contributed by atoms with Gasteiger partial charge >= 0.3 is 0 Å². The first kappa shape index (κ1) is 32.0. The molecule has 2 heterocycles. The average Bonchev–Trinajstić information content (AvgIpc) is 2.98. The highest BCUT2D eigenvalue weighted by Crippen LogP contribution is 2.30. The first-order chi connectivity index (χ1) is 21.3. The molecule has 0 spiro atoms. The molecule has 5 rings (SSSR count). The summed E-state index contributed by atoms with van der Waals surface area (Å²) >= 11 is 0. The number of hydrogen-bond acceptors (Lipinski definition) is 2.